The predicted molar refractivity (Wildman–Crippen MR) is 90.4 cm³/mol. The van der Waals surface area contributed by atoms with Gasteiger partial charge >= 0.3 is 6.03 Å². The molecule has 0 aliphatic heterocycles. The monoisotopic (exact) mass is 305 g/mol. The van der Waals surface area contributed by atoms with Gasteiger partial charge in [0.2, 0.25) is 0 Å². The highest BCUT2D eigenvalue weighted by Crippen LogP contribution is 2.43. The van der Waals surface area contributed by atoms with Crippen molar-refractivity contribution < 1.29 is 9.90 Å². The number of benzene rings is 1. The topological polar surface area (TPSA) is 64.6 Å². The van der Waals surface area contributed by atoms with Gasteiger partial charge in [-0.15, -0.1) is 0 Å². The standard InChI is InChI=1S/C17H27N3O2/c1-3-20(2)15-7-4-6-14(12-15)19-16(22)18-13-17(10-11-21)8-5-9-17/h4,6-7,12,21H,3,5,8-11,13H2,1-2H3,(H2,18,19,22). The molecule has 0 heterocycles. The third-order valence-corrected chi connectivity index (χ3v) is 4.70. The fraction of sp³-hybridized carbons (Fsp3) is 0.588. The summed E-state index contributed by atoms with van der Waals surface area (Å²) in [6.07, 6.45) is 4.13. The van der Waals surface area contributed by atoms with Gasteiger partial charge in [-0.25, -0.2) is 4.79 Å². The molecule has 1 aromatic rings. The molecular formula is C17H27N3O2. The summed E-state index contributed by atoms with van der Waals surface area (Å²) < 4.78 is 0. The van der Waals surface area contributed by atoms with E-state index in [1.165, 1.54) is 6.42 Å². The van der Waals surface area contributed by atoms with Gasteiger partial charge in [0.1, 0.15) is 0 Å². The highest BCUT2D eigenvalue weighted by atomic mass is 16.3. The second-order valence-corrected chi connectivity index (χ2v) is 6.20. The van der Waals surface area contributed by atoms with E-state index in [1.54, 1.807) is 0 Å². The zero-order valence-corrected chi connectivity index (χ0v) is 13.6. The molecule has 0 radical (unpaired) electrons. The first-order chi connectivity index (χ1) is 10.6. The van der Waals surface area contributed by atoms with Crippen LogP contribution in [-0.4, -0.2) is 37.9 Å². The van der Waals surface area contributed by atoms with Crippen LogP contribution in [0.5, 0.6) is 0 Å². The molecular weight excluding hydrogens is 278 g/mol. The van der Waals surface area contributed by atoms with Crippen LogP contribution >= 0.6 is 0 Å². The van der Waals surface area contributed by atoms with E-state index < -0.39 is 0 Å². The van der Waals surface area contributed by atoms with E-state index in [0.29, 0.717) is 6.54 Å². The zero-order valence-electron chi connectivity index (χ0n) is 13.6. The van der Waals surface area contributed by atoms with E-state index in [9.17, 15) is 4.79 Å². The van der Waals surface area contributed by atoms with Gasteiger partial charge in [0.25, 0.3) is 0 Å². The van der Waals surface area contributed by atoms with Crippen LogP contribution in [0.4, 0.5) is 16.2 Å². The van der Waals surface area contributed by atoms with Gasteiger partial charge < -0.3 is 20.6 Å². The molecule has 1 fully saturated rings. The van der Waals surface area contributed by atoms with Gasteiger partial charge in [-0.2, -0.15) is 0 Å². The fourth-order valence-electron chi connectivity index (χ4n) is 2.88. The number of rotatable bonds is 7. The number of carbonyl (C=O) groups excluding carboxylic acids is 1. The molecule has 0 saturated heterocycles. The molecule has 1 aliphatic carbocycles. The van der Waals surface area contributed by atoms with E-state index in [1.807, 2.05) is 31.3 Å². The van der Waals surface area contributed by atoms with E-state index >= 15 is 0 Å². The minimum atomic E-state index is -0.180. The number of aliphatic hydroxyl groups is 1. The first kappa shape index (κ1) is 16.6. The Balaban J connectivity index is 1.86. The van der Waals surface area contributed by atoms with Crippen LogP contribution in [0.1, 0.15) is 32.6 Å². The van der Waals surface area contributed by atoms with Crippen molar-refractivity contribution in [1.82, 2.24) is 5.32 Å². The molecule has 1 aliphatic rings. The number of amides is 2. The van der Waals surface area contributed by atoms with E-state index in [2.05, 4.69) is 22.5 Å². The van der Waals surface area contributed by atoms with Crippen molar-refractivity contribution in [2.75, 3.05) is 37.0 Å². The number of anilines is 2. The number of hydrogen-bond donors (Lipinski definition) is 3. The Bertz CT molecular complexity index is 500. The summed E-state index contributed by atoms with van der Waals surface area (Å²) in [5.41, 5.74) is 1.98. The summed E-state index contributed by atoms with van der Waals surface area (Å²) in [6.45, 7) is 3.83. The van der Waals surface area contributed by atoms with Gasteiger partial charge in [0.15, 0.2) is 0 Å². The third-order valence-electron chi connectivity index (χ3n) is 4.70. The summed E-state index contributed by atoms with van der Waals surface area (Å²) in [4.78, 5) is 14.2. The maximum atomic E-state index is 12.1. The molecule has 1 aromatic carbocycles. The van der Waals surface area contributed by atoms with Crippen LogP contribution in [0.25, 0.3) is 0 Å². The zero-order chi connectivity index (χ0) is 16.0. The molecule has 0 aromatic heterocycles. The van der Waals surface area contributed by atoms with Gasteiger partial charge in [-0.3, -0.25) is 0 Å². The lowest BCUT2D eigenvalue weighted by Gasteiger charge is -2.41. The number of aliphatic hydroxyl groups excluding tert-OH is 1. The quantitative estimate of drug-likeness (QED) is 0.726. The highest BCUT2D eigenvalue weighted by molar-refractivity contribution is 5.89. The van der Waals surface area contributed by atoms with Crippen LogP contribution in [0, 0.1) is 5.41 Å². The minimum absolute atomic E-state index is 0.108. The van der Waals surface area contributed by atoms with Crippen molar-refractivity contribution in [2.24, 2.45) is 5.41 Å². The molecule has 22 heavy (non-hydrogen) atoms. The average molecular weight is 305 g/mol. The lowest BCUT2D eigenvalue weighted by Crippen LogP contribution is -2.44. The van der Waals surface area contributed by atoms with Gasteiger partial charge in [-0.1, -0.05) is 12.5 Å². The van der Waals surface area contributed by atoms with Crippen molar-refractivity contribution in [3.05, 3.63) is 24.3 Å². The molecule has 0 bridgehead atoms. The lowest BCUT2D eigenvalue weighted by atomic mass is 9.67. The van der Waals surface area contributed by atoms with Gasteiger partial charge in [0, 0.05) is 38.1 Å². The Hall–Kier alpha value is -1.75. The van der Waals surface area contributed by atoms with Crippen molar-refractivity contribution >= 4 is 17.4 Å². The van der Waals surface area contributed by atoms with E-state index in [0.717, 1.165) is 37.2 Å². The molecule has 2 rings (SSSR count). The van der Waals surface area contributed by atoms with E-state index in [-0.39, 0.29) is 18.1 Å². The highest BCUT2D eigenvalue weighted by Gasteiger charge is 2.36. The largest absolute Gasteiger partial charge is 0.396 e. The van der Waals surface area contributed by atoms with E-state index in [4.69, 9.17) is 5.11 Å². The third kappa shape index (κ3) is 4.13. The summed E-state index contributed by atoms with van der Waals surface area (Å²) in [6, 6.07) is 7.64. The minimum Gasteiger partial charge on any atom is -0.396 e. The molecule has 5 heteroatoms. The number of urea groups is 1. The maximum absolute atomic E-state index is 12.1. The summed E-state index contributed by atoms with van der Waals surface area (Å²) >= 11 is 0. The fourth-order valence-corrected chi connectivity index (χ4v) is 2.88. The molecule has 1 saturated carbocycles. The first-order valence-corrected chi connectivity index (χ1v) is 8.05. The molecule has 0 spiro atoms. The van der Waals surface area contributed by atoms with Gasteiger partial charge in [-0.05, 0) is 49.8 Å². The SMILES string of the molecule is CCN(C)c1cccc(NC(=O)NCC2(CCO)CCC2)c1. The molecule has 122 valence electrons. The Kier molecular flexibility index (Phi) is 5.66. The summed E-state index contributed by atoms with van der Waals surface area (Å²) in [5, 5.41) is 15.0. The normalized spacial score (nSPS) is 15.8. The van der Waals surface area contributed by atoms with Crippen LogP contribution in [0.2, 0.25) is 0 Å². The van der Waals surface area contributed by atoms with Crippen molar-refractivity contribution in [2.45, 2.75) is 32.6 Å². The lowest BCUT2D eigenvalue weighted by molar-refractivity contribution is 0.0892. The summed E-state index contributed by atoms with van der Waals surface area (Å²) in [7, 11) is 2.02. The molecule has 5 nitrogen and oxygen atoms in total. The Morgan fingerprint density at radius 3 is 2.77 bits per heavy atom. The van der Waals surface area contributed by atoms with Crippen LogP contribution in [0.15, 0.2) is 24.3 Å². The molecule has 2 amide bonds. The number of nitrogens with zero attached hydrogens (tertiary/aromatic N) is 1. The van der Waals surface area contributed by atoms with Crippen LogP contribution < -0.4 is 15.5 Å². The smallest absolute Gasteiger partial charge is 0.319 e. The maximum Gasteiger partial charge on any atom is 0.319 e. The predicted octanol–water partition coefficient (Wildman–Crippen LogP) is 2.82. The average Bonchev–Trinajstić information content (AvgIpc) is 2.49. The van der Waals surface area contributed by atoms with Crippen LogP contribution in [-0.2, 0) is 0 Å². The molecule has 0 unspecified atom stereocenters. The molecule has 3 N–H and O–H groups in total. The Labute approximate surface area is 132 Å². The second kappa shape index (κ2) is 7.49. The Morgan fingerprint density at radius 2 is 2.18 bits per heavy atom. The first-order valence-electron chi connectivity index (χ1n) is 8.05. The van der Waals surface area contributed by atoms with Crippen molar-refractivity contribution in [1.29, 1.82) is 0 Å². The van der Waals surface area contributed by atoms with Crippen molar-refractivity contribution in [3.8, 4) is 0 Å². The van der Waals surface area contributed by atoms with Crippen molar-refractivity contribution in [3.63, 3.8) is 0 Å². The number of carbonyl (C=O) groups is 1. The number of hydrogen-bond acceptors (Lipinski definition) is 3. The summed E-state index contributed by atoms with van der Waals surface area (Å²) in [5.74, 6) is 0. The van der Waals surface area contributed by atoms with Crippen LogP contribution in [0.3, 0.4) is 0 Å². The Morgan fingerprint density at radius 1 is 1.41 bits per heavy atom. The van der Waals surface area contributed by atoms with Gasteiger partial charge in [0.05, 0.1) is 0 Å². The second-order valence-electron chi connectivity index (χ2n) is 6.20. The number of nitrogens with one attached hydrogen (secondary N) is 2. The molecule has 0 atom stereocenters.